The second kappa shape index (κ2) is 4.03. The van der Waals surface area contributed by atoms with Gasteiger partial charge in [0.2, 0.25) is 0 Å². The van der Waals surface area contributed by atoms with Crippen molar-refractivity contribution in [3.05, 3.63) is 11.2 Å². The standard InChI is InChI=1S/C13H23BO3/c1-9-7-8-10(15-6)11(9)14-16-12(2,3)13(4,5)17-14/h9H,7-8H2,1-6H3. The third-order valence-electron chi connectivity index (χ3n) is 4.41. The molecule has 1 aliphatic heterocycles. The molecular formula is C13H23BO3. The highest BCUT2D eigenvalue weighted by Crippen LogP contribution is 2.43. The fourth-order valence-electron chi connectivity index (χ4n) is 2.48. The van der Waals surface area contributed by atoms with Crippen LogP contribution in [0.2, 0.25) is 0 Å². The average Bonchev–Trinajstić information content (AvgIpc) is 2.65. The quantitative estimate of drug-likeness (QED) is 0.692. The van der Waals surface area contributed by atoms with E-state index in [1.165, 1.54) is 5.47 Å². The highest BCUT2D eigenvalue weighted by Gasteiger charge is 2.54. The molecule has 0 aromatic carbocycles. The number of allylic oxidation sites excluding steroid dienone is 2. The molecule has 0 aromatic heterocycles. The van der Waals surface area contributed by atoms with Crippen molar-refractivity contribution in [2.45, 2.75) is 58.7 Å². The van der Waals surface area contributed by atoms with Gasteiger partial charge in [-0.2, -0.15) is 0 Å². The SMILES string of the molecule is COC1=C(B2OC(C)(C)C(C)(C)O2)C(C)CC1. The van der Waals surface area contributed by atoms with Gasteiger partial charge < -0.3 is 14.0 Å². The van der Waals surface area contributed by atoms with Crippen molar-refractivity contribution in [1.29, 1.82) is 0 Å². The van der Waals surface area contributed by atoms with Crippen molar-refractivity contribution in [3.63, 3.8) is 0 Å². The van der Waals surface area contributed by atoms with Crippen LogP contribution in [0.3, 0.4) is 0 Å². The van der Waals surface area contributed by atoms with Crippen LogP contribution in [-0.4, -0.2) is 25.4 Å². The molecule has 3 nitrogen and oxygen atoms in total. The molecule has 2 rings (SSSR count). The van der Waals surface area contributed by atoms with E-state index >= 15 is 0 Å². The predicted molar refractivity (Wildman–Crippen MR) is 68.5 cm³/mol. The molecule has 0 saturated carbocycles. The molecule has 17 heavy (non-hydrogen) atoms. The molecule has 4 heteroatoms. The Hall–Kier alpha value is -0.475. The van der Waals surface area contributed by atoms with E-state index in [4.69, 9.17) is 14.0 Å². The van der Waals surface area contributed by atoms with E-state index in [1.807, 2.05) is 0 Å². The van der Waals surface area contributed by atoms with Crippen LogP contribution in [0, 0.1) is 5.92 Å². The summed E-state index contributed by atoms with van der Waals surface area (Å²) in [6.45, 7) is 10.5. The zero-order chi connectivity index (χ0) is 12.8. The zero-order valence-corrected chi connectivity index (χ0v) is 11.8. The van der Waals surface area contributed by atoms with E-state index in [0.29, 0.717) is 5.92 Å². The zero-order valence-electron chi connectivity index (χ0n) is 11.8. The van der Waals surface area contributed by atoms with E-state index in [1.54, 1.807) is 7.11 Å². The minimum atomic E-state index is -0.272. The third kappa shape index (κ3) is 2.02. The lowest BCUT2D eigenvalue weighted by Gasteiger charge is -2.32. The van der Waals surface area contributed by atoms with Gasteiger partial charge in [-0.15, -0.1) is 0 Å². The maximum absolute atomic E-state index is 6.09. The summed E-state index contributed by atoms with van der Waals surface area (Å²) in [5.41, 5.74) is 0.656. The molecule has 1 heterocycles. The minimum Gasteiger partial charge on any atom is -0.502 e. The van der Waals surface area contributed by atoms with Crippen molar-refractivity contribution in [1.82, 2.24) is 0 Å². The van der Waals surface area contributed by atoms with Gasteiger partial charge in [-0.25, -0.2) is 0 Å². The molecule has 96 valence electrons. The van der Waals surface area contributed by atoms with Crippen LogP contribution in [0.1, 0.15) is 47.5 Å². The first-order valence-corrected chi connectivity index (χ1v) is 6.41. The molecule has 1 unspecified atom stereocenters. The fraction of sp³-hybridized carbons (Fsp3) is 0.846. The molecule has 0 spiro atoms. The number of hydrogen-bond donors (Lipinski definition) is 0. The molecule has 1 atom stereocenters. The molecule has 0 aromatic rings. The van der Waals surface area contributed by atoms with Gasteiger partial charge in [0.1, 0.15) is 0 Å². The summed E-state index contributed by atoms with van der Waals surface area (Å²) in [5, 5.41) is 0. The van der Waals surface area contributed by atoms with Crippen molar-refractivity contribution < 1.29 is 14.0 Å². The Bertz CT molecular complexity index is 331. The van der Waals surface area contributed by atoms with Gasteiger partial charge in [0.25, 0.3) is 0 Å². The highest BCUT2D eigenvalue weighted by molar-refractivity contribution is 6.55. The number of methoxy groups -OCH3 is 1. The molecular weight excluding hydrogens is 215 g/mol. The largest absolute Gasteiger partial charge is 0.502 e. The van der Waals surface area contributed by atoms with Crippen LogP contribution < -0.4 is 0 Å². The van der Waals surface area contributed by atoms with E-state index in [9.17, 15) is 0 Å². The summed E-state index contributed by atoms with van der Waals surface area (Å²) >= 11 is 0. The lowest BCUT2D eigenvalue weighted by atomic mass is 9.73. The maximum atomic E-state index is 6.09. The lowest BCUT2D eigenvalue weighted by Crippen LogP contribution is -2.41. The fourth-order valence-corrected chi connectivity index (χ4v) is 2.48. The van der Waals surface area contributed by atoms with Gasteiger partial charge in [0.05, 0.1) is 24.1 Å². The molecule has 0 N–H and O–H groups in total. The average molecular weight is 238 g/mol. The summed E-state index contributed by atoms with van der Waals surface area (Å²) in [4.78, 5) is 0. The summed E-state index contributed by atoms with van der Waals surface area (Å²) in [6.07, 6.45) is 2.12. The van der Waals surface area contributed by atoms with Gasteiger partial charge in [0.15, 0.2) is 0 Å². The van der Waals surface area contributed by atoms with Crippen LogP contribution >= 0.6 is 0 Å². The molecule has 0 radical (unpaired) electrons. The molecule has 1 fully saturated rings. The Morgan fingerprint density at radius 2 is 1.71 bits per heavy atom. The number of ether oxygens (including phenoxy) is 1. The monoisotopic (exact) mass is 238 g/mol. The van der Waals surface area contributed by atoms with Gasteiger partial charge in [-0.05, 0) is 40.0 Å². The first kappa shape index (κ1) is 13.0. The van der Waals surface area contributed by atoms with Gasteiger partial charge in [-0.3, -0.25) is 0 Å². The molecule has 0 amide bonds. The van der Waals surface area contributed by atoms with Crippen LogP contribution in [0.25, 0.3) is 0 Å². The van der Waals surface area contributed by atoms with Crippen LogP contribution in [0.5, 0.6) is 0 Å². The summed E-state index contributed by atoms with van der Waals surface area (Å²) in [7, 11) is 1.49. The highest BCUT2D eigenvalue weighted by atomic mass is 16.7. The predicted octanol–water partition coefficient (Wildman–Crippen LogP) is 2.95. The van der Waals surface area contributed by atoms with Crippen molar-refractivity contribution >= 4 is 7.12 Å². The Balaban J connectivity index is 2.26. The smallest absolute Gasteiger partial charge is 0.494 e. The molecule has 1 saturated heterocycles. The summed E-state index contributed by atoms with van der Waals surface area (Å²) in [6, 6.07) is 0. The Morgan fingerprint density at radius 3 is 2.18 bits per heavy atom. The van der Waals surface area contributed by atoms with E-state index in [0.717, 1.165) is 18.6 Å². The summed E-state index contributed by atoms with van der Waals surface area (Å²) < 4.78 is 17.6. The Labute approximate surface area is 105 Å². The first-order chi connectivity index (χ1) is 7.78. The third-order valence-corrected chi connectivity index (χ3v) is 4.41. The van der Waals surface area contributed by atoms with Crippen LogP contribution in [0.15, 0.2) is 11.2 Å². The Morgan fingerprint density at radius 1 is 1.18 bits per heavy atom. The molecule has 2 aliphatic rings. The van der Waals surface area contributed by atoms with Crippen LogP contribution in [-0.2, 0) is 14.0 Å². The van der Waals surface area contributed by atoms with Gasteiger partial charge in [-0.1, -0.05) is 6.92 Å². The second-order valence-corrected chi connectivity index (χ2v) is 6.11. The minimum absolute atomic E-state index is 0.243. The van der Waals surface area contributed by atoms with Crippen molar-refractivity contribution in [2.24, 2.45) is 5.92 Å². The second-order valence-electron chi connectivity index (χ2n) is 6.11. The van der Waals surface area contributed by atoms with Gasteiger partial charge >= 0.3 is 7.12 Å². The van der Waals surface area contributed by atoms with Crippen LogP contribution in [0.4, 0.5) is 0 Å². The van der Waals surface area contributed by atoms with Gasteiger partial charge in [0, 0.05) is 11.9 Å². The van der Waals surface area contributed by atoms with Crippen molar-refractivity contribution in [3.8, 4) is 0 Å². The summed E-state index contributed by atoms with van der Waals surface area (Å²) in [5.74, 6) is 1.54. The normalized spacial score (nSPS) is 31.2. The maximum Gasteiger partial charge on any atom is 0.494 e. The van der Waals surface area contributed by atoms with Crippen molar-refractivity contribution in [2.75, 3.05) is 7.11 Å². The van der Waals surface area contributed by atoms with E-state index < -0.39 is 0 Å². The topological polar surface area (TPSA) is 27.7 Å². The lowest BCUT2D eigenvalue weighted by molar-refractivity contribution is 0.00578. The Kier molecular flexibility index (Phi) is 3.07. The number of rotatable bonds is 2. The van der Waals surface area contributed by atoms with E-state index in [2.05, 4.69) is 34.6 Å². The first-order valence-electron chi connectivity index (χ1n) is 6.41. The molecule has 0 bridgehead atoms. The number of hydrogen-bond acceptors (Lipinski definition) is 3. The molecule has 1 aliphatic carbocycles. The van der Waals surface area contributed by atoms with E-state index in [-0.39, 0.29) is 18.3 Å².